The summed E-state index contributed by atoms with van der Waals surface area (Å²) in [5.41, 5.74) is 6.17. The molecule has 2 amide bonds. The van der Waals surface area contributed by atoms with Crippen LogP contribution < -0.4 is 16.0 Å². The molecule has 0 aromatic carbocycles. The lowest BCUT2D eigenvalue weighted by Crippen LogP contribution is -2.60. The van der Waals surface area contributed by atoms with E-state index in [-0.39, 0.29) is 45.8 Å². The van der Waals surface area contributed by atoms with Crippen molar-refractivity contribution in [3.8, 4) is 0 Å². The minimum atomic E-state index is -0.673. The number of carbonyl (C=O) groups is 2. The van der Waals surface area contributed by atoms with Gasteiger partial charge in [-0.3, -0.25) is 19.5 Å². The number of carbonyl (C=O) groups excluding carboxylic acids is 2. The van der Waals surface area contributed by atoms with Crippen LogP contribution in [0.3, 0.4) is 0 Å². The van der Waals surface area contributed by atoms with Gasteiger partial charge in [0.2, 0.25) is 5.91 Å². The molecule has 0 unspecified atom stereocenters. The van der Waals surface area contributed by atoms with Gasteiger partial charge in [-0.05, 0) is 33.7 Å². The van der Waals surface area contributed by atoms with Crippen molar-refractivity contribution in [2.75, 3.05) is 55.7 Å². The molecule has 13 heteroatoms. The third-order valence-electron chi connectivity index (χ3n) is 7.60. The van der Waals surface area contributed by atoms with E-state index in [9.17, 15) is 14.0 Å². The molecular formula is C25H31F2N9O2. The second-order valence-corrected chi connectivity index (χ2v) is 10.5. The first-order chi connectivity index (χ1) is 18.0. The second kappa shape index (κ2) is 9.78. The summed E-state index contributed by atoms with van der Waals surface area (Å²) in [6.45, 7) is 7.34. The minimum absolute atomic E-state index is 0.0559. The Morgan fingerprint density at radius 3 is 2.55 bits per heavy atom. The maximum absolute atomic E-state index is 15.0. The Bertz CT molecular complexity index is 1380. The molecule has 38 heavy (non-hydrogen) atoms. The van der Waals surface area contributed by atoms with Gasteiger partial charge in [0.1, 0.15) is 11.3 Å². The quantitative estimate of drug-likeness (QED) is 0.528. The topological polar surface area (TPSA) is 125 Å². The van der Waals surface area contributed by atoms with Crippen molar-refractivity contribution in [3.05, 3.63) is 42.0 Å². The molecule has 5 heterocycles. The normalized spacial score (nSPS) is 18.7. The molecule has 2 saturated heterocycles. The van der Waals surface area contributed by atoms with Crippen LogP contribution in [0.4, 0.5) is 26.0 Å². The molecule has 0 radical (unpaired) electrons. The van der Waals surface area contributed by atoms with E-state index < -0.39 is 17.5 Å². The summed E-state index contributed by atoms with van der Waals surface area (Å²) in [6, 6.07) is 0. The molecule has 2 fully saturated rings. The van der Waals surface area contributed by atoms with Crippen LogP contribution in [0.5, 0.6) is 0 Å². The number of fused-ring (bicyclic) bond motifs is 1. The van der Waals surface area contributed by atoms with E-state index in [1.807, 2.05) is 9.80 Å². The highest BCUT2D eigenvalue weighted by Crippen LogP contribution is 2.33. The molecule has 0 saturated carbocycles. The number of nitrogens with two attached hydrogens (primary N) is 1. The lowest BCUT2D eigenvalue weighted by molar-refractivity contribution is -0.140. The number of nitrogen functional groups attached to an aromatic ring is 1. The number of hydrogen-bond donors (Lipinski definition) is 2. The first-order valence-corrected chi connectivity index (χ1v) is 12.5. The third-order valence-corrected chi connectivity index (χ3v) is 7.60. The van der Waals surface area contributed by atoms with Gasteiger partial charge >= 0.3 is 0 Å². The Labute approximate surface area is 218 Å². The molecule has 202 valence electrons. The number of hydrogen-bond acceptors (Lipinski definition) is 8. The highest BCUT2D eigenvalue weighted by molar-refractivity contribution is 6.12. The van der Waals surface area contributed by atoms with Crippen molar-refractivity contribution in [2.24, 2.45) is 5.92 Å². The Morgan fingerprint density at radius 2 is 1.84 bits per heavy atom. The van der Waals surface area contributed by atoms with Gasteiger partial charge in [-0.25, -0.2) is 18.3 Å². The molecule has 0 bridgehead atoms. The van der Waals surface area contributed by atoms with E-state index in [0.717, 1.165) is 29.7 Å². The van der Waals surface area contributed by atoms with Crippen LogP contribution in [0.2, 0.25) is 0 Å². The molecule has 0 spiro atoms. The summed E-state index contributed by atoms with van der Waals surface area (Å²) in [6.07, 6.45) is 5.59. The molecule has 0 atom stereocenters. The Kier molecular flexibility index (Phi) is 6.63. The smallest absolute Gasteiger partial charge is 0.263 e. The van der Waals surface area contributed by atoms with Crippen LogP contribution in [-0.4, -0.2) is 86.5 Å². The number of halogens is 2. The summed E-state index contributed by atoms with van der Waals surface area (Å²) in [7, 11) is 2.07. The van der Waals surface area contributed by atoms with Gasteiger partial charge in [-0.2, -0.15) is 0 Å². The first kappa shape index (κ1) is 25.8. The molecule has 3 aromatic rings. The standard InChI is InChI=1S/C25H31F2N9O2/c1-25(2)14-35(9-8-33(25)3)24(38)15-4-6-34(7-5-15)20-17(27)11-29-12-18(20)31-23(37)19-21(28)32-36-13-16(26)10-30-22(19)36/h10-13,15H,4-9,14H2,1-3H3,(H2,28,32)(H,31,37). The minimum Gasteiger partial charge on any atom is -0.381 e. The summed E-state index contributed by atoms with van der Waals surface area (Å²) in [5.74, 6) is -2.05. The SMILES string of the molecule is CN1CCN(C(=O)C2CCN(c3c(F)cncc3NC(=O)c3c(N)nn4cc(F)cnc34)CC2)CC1(C)C. The van der Waals surface area contributed by atoms with Crippen LogP contribution in [-0.2, 0) is 4.79 Å². The van der Waals surface area contributed by atoms with E-state index in [2.05, 4.69) is 46.2 Å². The van der Waals surface area contributed by atoms with Gasteiger partial charge in [-0.1, -0.05) is 0 Å². The van der Waals surface area contributed by atoms with Crippen LogP contribution in [0.25, 0.3) is 5.65 Å². The van der Waals surface area contributed by atoms with Gasteiger partial charge in [0.05, 0.1) is 30.5 Å². The van der Waals surface area contributed by atoms with Crippen LogP contribution in [0, 0.1) is 17.6 Å². The first-order valence-electron chi connectivity index (χ1n) is 12.5. The van der Waals surface area contributed by atoms with Gasteiger partial charge in [0.25, 0.3) is 5.91 Å². The molecule has 2 aliphatic heterocycles. The number of anilines is 3. The zero-order valence-corrected chi connectivity index (χ0v) is 21.6. The molecule has 11 nitrogen and oxygen atoms in total. The highest BCUT2D eigenvalue weighted by atomic mass is 19.1. The Hall–Kier alpha value is -3.87. The van der Waals surface area contributed by atoms with Crippen molar-refractivity contribution in [1.29, 1.82) is 0 Å². The average Bonchev–Trinajstić information content (AvgIpc) is 3.20. The fourth-order valence-corrected chi connectivity index (χ4v) is 5.21. The van der Waals surface area contributed by atoms with E-state index in [0.29, 0.717) is 39.0 Å². The highest BCUT2D eigenvalue weighted by Gasteiger charge is 2.37. The monoisotopic (exact) mass is 527 g/mol. The van der Waals surface area contributed by atoms with Crippen molar-refractivity contribution >= 4 is 34.7 Å². The van der Waals surface area contributed by atoms with E-state index in [4.69, 9.17) is 5.73 Å². The van der Waals surface area contributed by atoms with E-state index in [1.54, 1.807) is 0 Å². The number of nitrogens with zero attached hydrogens (tertiary/aromatic N) is 7. The number of piperidine rings is 1. The molecule has 5 rings (SSSR count). The van der Waals surface area contributed by atoms with Crippen molar-refractivity contribution < 1.29 is 18.4 Å². The summed E-state index contributed by atoms with van der Waals surface area (Å²) < 4.78 is 29.6. The van der Waals surface area contributed by atoms with Crippen molar-refractivity contribution in [2.45, 2.75) is 32.2 Å². The number of nitrogens with one attached hydrogen (secondary N) is 1. The average molecular weight is 528 g/mol. The third kappa shape index (κ3) is 4.73. The van der Waals surface area contributed by atoms with Gasteiger partial charge in [0.15, 0.2) is 23.1 Å². The number of amides is 2. The molecular weight excluding hydrogens is 496 g/mol. The lowest BCUT2D eigenvalue weighted by atomic mass is 9.92. The number of aromatic nitrogens is 4. The van der Waals surface area contributed by atoms with E-state index in [1.165, 1.54) is 6.20 Å². The lowest BCUT2D eigenvalue weighted by Gasteiger charge is -2.46. The maximum Gasteiger partial charge on any atom is 0.263 e. The van der Waals surface area contributed by atoms with Gasteiger partial charge in [0, 0.05) is 44.2 Å². The summed E-state index contributed by atoms with van der Waals surface area (Å²) in [4.78, 5) is 40.2. The predicted molar refractivity (Wildman–Crippen MR) is 138 cm³/mol. The zero-order valence-electron chi connectivity index (χ0n) is 21.6. The molecule has 3 N–H and O–H groups in total. The number of rotatable bonds is 4. The fourth-order valence-electron chi connectivity index (χ4n) is 5.21. The zero-order chi connectivity index (χ0) is 27.2. The molecule has 2 aliphatic rings. The van der Waals surface area contributed by atoms with Crippen LogP contribution in [0.15, 0.2) is 24.8 Å². The van der Waals surface area contributed by atoms with Crippen LogP contribution >= 0.6 is 0 Å². The number of likely N-dealkylation sites (N-methyl/N-ethyl adjacent to an activating group) is 1. The Balaban J connectivity index is 1.30. The summed E-state index contributed by atoms with van der Waals surface area (Å²) in [5, 5.41) is 6.60. The van der Waals surface area contributed by atoms with Crippen LogP contribution in [0.1, 0.15) is 37.0 Å². The fraction of sp³-hybridized carbons (Fsp3) is 0.480. The Morgan fingerprint density at radius 1 is 1.11 bits per heavy atom. The largest absolute Gasteiger partial charge is 0.381 e. The van der Waals surface area contributed by atoms with Gasteiger partial charge < -0.3 is 20.9 Å². The molecule has 0 aliphatic carbocycles. The maximum atomic E-state index is 15.0. The van der Waals surface area contributed by atoms with Crippen molar-refractivity contribution in [1.82, 2.24) is 29.4 Å². The number of pyridine rings is 1. The summed E-state index contributed by atoms with van der Waals surface area (Å²) >= 11 is 0. The van der Waals surface area contributed by atoms with Gasteiger partial charge in [-0.15, -0.1) is 5.10 Å². The van der Waals surface area contributed by atoms with Crippen molar-refractivity contribution in [3.63, 3.8) is 0 Å². The number of piperazine rings is 1. The molecule has 3 aromatic heterocycles. The second-order valence-electron chi connectivity index (χ2n) is 10.5. The van der Waals surface area contributed by atoms with E-state index >= 15 is 4.39 Å². The predicted octanol–water partition coefficient (Wildman–Crippen LogP) is 2.01.